The van der Waals surface area contributed by atoms with Crippen LogP contribution < -0.4 is 5.32 Å². The molecule has 0 amide bonds. The predicted octanol–water partition coefficient (Wildman–Crippen LogP) is 3.08. The first-order valence-corrected chi connectivity index (χ1v) is 4.52. The molecule has 1 nitrogen and oxygen atoms in total. The van der Waals surface area contributed by atoms with Crippen molar-refractivity contribution in [1.82, 2.24) is 0 Å². The molecule has 0 saturated carbocycles. The van der Waals surface area contributed by atoms with Crippen molar-refractivity contribution < 1.29 is 0 Å². The zero-order chi connectivity index (χ0) is 9.68. The normalized spacial score (nSPS) is 8.85. The van der Waals surface area contributed by atoms with E-state index < -0.39 is 0 Å². The van der Waals surface area contributed by atoms with E-state index in [1.54, 1.807) is 0 Å². The van der Waals surface area contributed by atoms with Crippen LogP contribution in [-0.2, 0) is 0 Å². The second-order valence-electron chi connectivity index (χ2n) is 2.69. The third kappa shape index (κ3) is 2.68. The van der Waals surface area contributed by atoms with E-state index in [-0.39, 0.29) is 0 Å². The number of rotatable bonds is 2. The summed E-state index contributed by atoms with van der Waals surface area (Å²) in [4.78, 5) is 0. The summed E-state index contributed by atoms with van der Waals surface area (Å²) in [6.07, 6.45) is 0. The SMILES string of the molecule is CC#CCNc1cccc(Cl)c1C. The minimum absolute atomic E-state index is 0.664. The van der Waals surface area contributed by atoms with Crippen LogP contribution >= 0.6 is 11.6 Å². The highest BCUT2D eigenvalue weighted by molar-refractivity contribution is 6.31. The molecule has 0 saturated heterocycles. The van der Waals surface area contributed by atoms with Crippen LogP contribution in [0.1, 0.15) is 12.5 Å². The molecule has 0 fully saturated rings. The van der Waals surface area contributed by atoms with Gasteiger partial charge in [-0.3, -0.25) is 0 Å². The molecule has 13 heavy (non-hydrogen) atoms. The Balaban J connectivity index is 2.75. The highest BCUT2D eigenvalue weighted by Crippen LogP contribution is 2.22. The third-order valence-electron chi connectivity index (χ3n) is 1.81. The Kier molecular flexibility index (Phi) is 3.67. The molecule has 68 valence electrons. The first kappa shape index (κ1) is 9.95. The fourth-order valence-electron chi connectivity index (χ4n) is 1.03. The maximum Gasteiger partial charge on any atom is 0.0765 e. The van der Waals surface area contributed by atoms with E-state index in [2.05, 4.69) is 17.2 Å². The van der Waals surface area contributed by atoms with E-state index >= 15 is 0 Å². The zero-order valence-corrected chi connectivity index (χ0v) is 8.57. The smallest absolute Gasteiger partial charge is 0.0765 e. The maximum atomic E-state index is 5.95. The summed E-state index contributed by atoms with van der Waals surface area (Å²) < 4.78 is 0. The van der Waals surface area contributed by atoms with E-state index in [9.17, 15) is 0 Å². The molecule has 0 bridgehead atoms. The molecule has 0 aromatic heterocycles. The highest BCUT2D eigenvalue weighted by atomic mass is 35.5. The zero-order valence-electron chi connectivity index (χ0n) is 7.82. The first-order chi connectivity index (χ1) is 6.25. The van der Waals surface area contributed by atoms with Gasteiger partial charge in [-0.15, -0.1) is 5.92 Å². The van der Waals surface area contributed by atoms with Gasteiger partial charge in [0.2, 0.25) is 0 Å². The maximum absolute atomic E-state index is 5.95. The van der Waals surface area contributed by atoms with Crippen molar-refractivity contribution in [3.8, 4) is 11.8 Å². The quantitative estimate of drug-likeness (QED) is 0.712. The summed E-state index contributed by atoms with van der Waals surface area (Å²) in [5.41, 5.74) is 2.12. The van der Waals surface area contributed by atoms with Crippen LogP contribution in [0.4, 0.5) is 5.69 Å². The monoisotopic (exact) mass is 193 g/mol. The molecule has 1 rings (SSSR count). The first-order valence-electron chi connectivity index (χ1n) is 4.14. The highest BCUT2D eigenvalue weighted by Gasteiger charge is 1.99. The molecule has 1 N–H and O–H groups in total. The van der Waals surface area contributed by atoms with Gasteiger partial charge in [-0.2, -0.15) is 0 Å². The molecule has 0 radical (unpaired) electrons. The van der Waals surface area contributed by atoms with Crippen LogP contribution in [0.15, 0.2) is 18.2 Å². The summed E-state index contributed by atoms with van der Waals surface area (Å²) >= 11 is 5.95. The van der Waals surface area contributed by atoms with Gasteiger partial charge in [0.25, 0.3) is 0 Å². The fourth-order valence-corrected chi connectivity index (χ4v) is 1.20. The lowest BCUT2D eigenvalue weighted by Gasteiger charge is -2.07. The molecule has 0 aliphatic heterocycles. The van der Waals surface area contributed by atoms with Gasteiger partial charge in [-0.05, 0) is 31.5 Å². The van der Waals surface area contributed by atoms with Crippen molar-refractivity contribution in [3.63, 3.8) is 0 Å². The summed E-state index contributed by atoms with van der Waals surface area (Å²) in [6, 6.07) is 5.81. The van der Waals surface area contributed by atoms with Crippen LogP contribution in [0.5, 0.6) is 0 Å². The van der Waals surface area contributed by atoms with Gasteiger partial charge in [0.15, 0.2) is 0 Å². The molecular formula is C11H12ClN. The van der Waals surface area contributed by atoms with Crippen molar-refractivity contribution in [2.75, 3.05) is 11.9 Å². The van der Waals surface area contributed by atoms with E-state index in [0.717, 1.165) is 16.3 Å². The Morgan fingerprint density at radius 1 is 1.46 bits per heavy atom. The number of nitrogens with one attached hydrogen (secondary N) is 1. The van der Waals surface area contributed by atoms with Gasteiger partial charge in [0, 0.05) is 10.7 Å². The molecule has 1 aromatic carbocycles. The van der Waals surface area contributed by atoms with Gasteiger partial charge in [0.1, 0.15) is 0 Å². The van der Waals surface area contributed by atoms with Gasteiger partial charge in [-0.1, -0.05) is 23.6 Å². The van der Waals surface area contributed by atoms with Crippen LogP contribution in [0.2, 0.25) is 5.02 Å². The van der Waals surface area contributed by atoms with Crippen molar-refractivity contribution in [2.24, 2.45) is 0 Å². The molecule has 0 aliphatic carbocycles. The molecule has 0 spiro atoms. The standard InChI is InChI=1S/C11H12ClN/c1-3-4-8-13-11-7-5-6-10(12)9(11)2/h5-7,13H,8H2,1-2H3. The third-order valence-corrected chi connectivity index (χ3v) is 2.22. The van der Waals surface area contributed by atoms with Crippen molar-refractivity contribution in [2.45, 2.75) is 13.8 Å². The second-order valence-corrected chi connectivity index (χ2v) is 3.10. The Hall–Kier alpha value is -1.13. The second kappa shape index (κ2) is 4.79. The average Bonchev–Trinajstić information content (AvgIpc) is 2.13. The summed E-state index contributed by atoms with van der Waals surface area (Å²) in [5.74, 6) is 5.77. The largest absolute Gasteiger partial charge is 0.374 e. The van der Waals surface area contributed by atoms with Gasteiger partial charge in [-0.25, -0.2) is 0 Å². The van der Waals surface area contributed by atoms with Gasteiger partial charge in [0.05, 0.1) is 6.54 Å². The predicted molar refractivity (Wildman–Crippen MR) is 58.1 cm³/mol. The van der Waals surface area contributed by atoms with Crippen molar-refractivity contribution >= 4 is 17.3 Å². The Labute approximate surface area is 84.1 Å². The van der Waals surface area contributed by atoms with Crippen molar-refractivity contribution in [1.29, 1.82) is 0 Å². The summed E-state index contributed by atoms with van der Waals surface area (Å²) in [6.45, 7) is 4.48. The number of hydrogen-bond donors (Lipinski definition) is 1. The molecule has 2 heteroatoms. The van der Waals surface area contributed by atoms with Gasteiger partial charge >= 0.3 is 0 Å². The Morgan fingerprint density at radius 3 is 2.92 bits per heavy atom. The lowest BCUT2D eigenvalue weighted by Crippen LogP contribution is -2.00. The number of anilines is 1. The molecule has 0 heterocycles. The fraction of sp³-hybridized carbons (Fsp3) is 0.273. The van der Waals surface area contributed by atoms with Crippen LogP contribution in [0.25, 0.3) is 0 Å². The minimum Gasteiger partial charge on any atom is -0.374 e. The Morgan fingerprint density at radius 2 is 2.23 bits per heavy atom. The van der Waals surface area contributed by atoms with Crippen molar-refractivity contribution in [3.05, 3.63) is 28.8 Å². The average molecular weight is 194 g/mol. The lowest BCUT2D eigenvalue weighted by molar-refractivity contribution is 1.33. The Bertz CT molecular complexity index is 347. The molecule has 0 unspecified atom stereocenters. The van der Waals surface area contributed by atoms with E-state index in [1.807, 2.05) is 32.0 Å². The molecular weight excluding hydrogens is 182 g/mol. The number of halogens is 1. The van der Waals surface area contributed by atoms with Crippen LogP contribution in [0, 0.1) is 18.8 Å². The molecule has 0 atom stereocenters. The van der Waals surface area contributed by atoms with E-state index in [4.69, 9.17) is 11.6 Å². The molecule has 1 aromatic rings. The molecule has 0 aliphatic rings. The van der Waals surface area contributed by atoms with E-state index in [1.165, 1.54) is 0 Å². The minimum atomic E-state index is 0.664. The number of hydrogen-bond acceptors (Lipinski definition) is 1. The number of benzene rings is 1. The van der Waals surface area contributed by atoms with Gasteiger partial charge < -0.3 is 5.32 Å². The van der Waals surface area contributed by atoms with E-state index in [0.29, 0.717) is 6.54 Å². The summed E-state index contributed by atoms with van der Waals surface area (Å²) in [7, 11) is 0. The summed E-state index contributed by atoms with van der Waals surface area (Å²) in [5, 5.41) is 3.98. The topological polar surface area (TPSA) is 12.0 Å². The lowest BCUT2D eigenvalue weighted by atomic mass is 10.2. The van der Waals surface area contributed by atoms with Crippen LogP contribution in [0.3, 0.4) is 0 Å². The van der Waals surface area contributed by atoms with Crippen LogP contribution in [-0.4, -0.2) is 6.54 Å².